The molecule has 0 radical (unpaired) electrons. The van der Waals surface area contributed by atoms with Crippen molar-refractivity contribution in [2.45, 2.75) is 24.3 Å². The Kier molecular flexibility index (Phi) is 4.67. The molecule has 1 aliphatic carbocycles. The van der Waals surface area contributed by atoms with E-state index in [1.807, 2.05) is 12.3 Å². The normalized spacial score (nSPS) is 22.9. The maximum Gasteiger partial charge on any atom is 0.190 e. The third-order valence-electron chi connectivity index (χ3n) is 5.21. The number of aromatic nitrogens is 2. The van der Waals surface area contributed by atoms with Crippen molar-refractivity contribution in [2.75, 3.05) is 0 Å². The predicted molar refractivity (Wildman–Crippen MR) is 91.3 cm³/mol. The van der Waals surface area contributed by atoms with Gasteiger partial charge >= 0.3 is 28.9 Å². The average Bonchev–Trinajstić information content (AvgIpc) is 2.67. The molecule has 0 saturated heterocycles. The second-order valence-electron chi connectivity index (χ2n) is 6.69. The number of rotatable bonds is 1. The maximum absolute atomic E-state index is 8.83. The summed E-state index contributed by atoms with van der Waals surface area (Å²) in [6, 6.07) is 22.2. The SMILES string of the molecule is [O-][Cl+](O)(O)O.c1ccc(C2CC3c4ccccc4C2c2cccc[n+]23)nc1. The van der Waals surface area contributed by atoms with Gasteiger partial charge in [-0.25, -0.2) is 0 Å². The molecule has 27 heavy (non-hydrogen) atoms. The Labute approximate surface area is 158 Å². The molecule has 3 aromatic rings. The van der Waals surface area contributed by atoms with Gasteiger partial charge in [0.15, 0.2) is 17.9 Å². The minimum Gasteiger partial charge on any atom is -0.261 e. The third kappa shape index (κ3) is 3.58. The van der Waals surface area contributed by atoms with E-state index < -0.39 is 10.2 Å². The minimum atomic E-state index is -4.19. The molecule has 2 bridgehead atoms. The first-order valence-electron chi connectivity index (χ1n) is 8.59. The summed E-state index contributed by atoms with van der Waals surface area (Å²) in [4.78, 5) is 4.66. The molecule has 7 heteroatoms. The van der Waals surface area contributed by atoms with E-state index in [9.17, 15) is 0 Å². The van der Waals surface area contributed by atoms with E-state index in [-0.39, 0.29) is 0 Å². The molecule has 3 unspecified atom stereocenters. The monoisotopic (exact) mass is 387 g/mol. The smallest absolute Gasteiger partial charge is 0.190 e. The van der Waals surface area contributed by atoms with Crippen molar-refractivity contribution in [3.63, 3.8) is 0 Å². The molecule has 0 amide bonds. The van der Waals surface area contributed by atoms with Crippen LogP contribution < -0.4 is 9.23 Å². The van der Waals surface area contributed by atoms with Crippen LogP contribution >= 0.6 is 0 Å². The van der Waals surface area contributed by atoms with Crippen molar-refractivity contribution in [2.24, 2.45) is 0 Å². The summed E-state index contributed by atoms with van der Waals surface area (Å²) in [5, 5.41) is 0. The van der Waals surface area contributed by atoms with Crippen molar-refractivity contribution in [1.82, 2.24) is 4.98 Å². The van der Waals surface area contributed by atoms with Crippen LogP contribution in [0.5, 0.6) is 0 Å². The van der Waals surface area contributed by atoms with Gasteiger partial charge in [-0.1, -0.05) is 36.4 Å². The van der Waals surface area contributed by atoms with Crippen molar-refractivity contribution in [3.8, 4) is 0 Å². The molecule has 3 aliphatic rings. The molecule has 140 valence electrons. The first-order valence-corrected chi connectivity index (χ1v) is 9.92. The van der Waals surface area contributed by atoms with Gasteiger partial charge in [0.05, 0.1) is 5.92 Å². The zero-order valence-electron chi connectivity index (χ0n) is 14.4. The summed E-state index contributed by atoms with van der Waals surface area (Å²) < 4.78 is 32.7. The van der Waals surface area contributed by atoms with Crippen molar-refractivity contribution >= 4 is 0 Å². The van der Waals surface area contributed by atoms with Gasteiger partial charge in [-0.15, -0.1) is 0 Å². The standard InChI is InChI=1S/C20H17N2.ClH3O4/c1-2-8-15-14(7-1)19-13-16(17-9-3-5-11-21-17)20(15)18-10-4-6-12-22(18)19;2-1(3,4)5/h1-12,16,19-20H,13H2;2-4H/q+1;. The molecular formula is C20H20ClN2O4+. The fourth-order valence-electron chi connectivity index (χ4n) is 4.35. The zero-order valence-corrected chi connectivity index (χ0v) is 15.1. The molecule has 1 aromatic carbocycles. The topological polar surface area (TPSA) is 101 Å². The Bertz CT molecular complexity index is 892. The molecule has 4 heterocycles. The van der Waals surface area contributed by atoms with E-state index in [0.29, 0.717) is 17.9 Å². The van der Waals surface area contributed by atoms with Gasteiger partial charge in [-0.05, 0) is 17.7 Å². The molecule has 3 N–H and O–H groups in total. The van der Waals surface area contributed by atoms with Gasteiger partial charge in [0.1, 0.15) is 0 Å². The second kappa shape index (κ2) is 6.99. The first-order chi connectivity index (χ1) is 12.9. The van der Waals surface area contributed by atoms with Crippen LogP contribution in [0.3, 0.4) is 0 Å². The number of nitrogens with zero attached hydrogens (tertiary/aromatic N) is 2. The van der Waals surface area contributed by atoms with Crippen molar-refractivity contribution in [3.05, 3.63) is 95.6 Å². The molecule has 0 saturated carbocycles. The Morgan fingerprint density at radius 2 is 1.59 bits per heavy atom. The van der Waals surface area contributed by atoms with Crippen LogP contribution in [0.15, 0.2) is 73.1 Å². The van der Waals surface area contributed by atoms with Crippen LogP contribution in [0.25, 0.3) is 0 Å². The fraction of sp³-hybridized carbons (Fsp3) is 0.200. The number of hydrogen-bond donors (Lipinski definition) is 3. The number of pyridine rings is 2. The molecule has 6 rings (SSSR count). The number of hydrogen-bond acceptors (Lipinski definition) is 5. The number of fused-ring (bicyclic) bond motifs is 1. The fourth-order valence-corrected chi connectivity index (χ4v) is 4.35. The van der Waals surface area contributed by atoms with Gasteiger partial charge in [0, 0.05) is 41.9 Å². The van der Waals surface area contributed by atoms with Gasteiger partial charge in [-0.2, -0.15) is 4.57 Å². The van der Waals surface area contributed by atoms with Crippen LogP contribution in [0.2, 0.25) is 0 Å². The number of benzene rings is 1. The summed E-state index contributed by atoms with van der Waals surface area (Å²) in [6.45, 7) is 0. The third-order valence-corrected chi connectivity index (χ3v) is 5.21. The molecule has 2 aromatic heterocycles. The Balaban J connectivity index is 0.000000323. The molecule has 3 atom stereocenters. The van der Waals surface area contributed by atoms with E-state index in [4.69, 9.17) is 18.6 Å². The average molecular weight is 388 g/mol. The van der Waals surface area contributed by atoms with Gasteiger partial charge in [0.2, 0.25) is 0 Å². The van der Waals surface area contributed by atoms with E-state index in [1.165, 1.54) is 22.5 Å². The Hall–Kier alpha value is -2.35. The van der Waals surface area contributed by atoms with Crippen LogP contribution in [0, 0.1) is 10.2 Å². The molecular weight excluding hydrogens is 368 g/mol. The second-order valence-corrected chi connectivity index (χ2v) is 7.55. The largest absolute Gasteiger partial charge is 0.261 e. The predicted octanol–water partition coefficient (Wildman–Crippen LogP) is 0.731. The summed E-state index contributed by atoms with van der Waals surface area (Å²) in [5.41, 5.74) is 5.62. The van der Waals surface area contributed by atoms with E-state index in [0.717, 1.165) is 6.42 Å². The summed E-state index contributed by atoms with van der Waals surface area (Å²) in [7, 11) is -4.19. The van der Waals surface area contributed by atoms with Crippen LogP contribution in [-0.4, -0.2) is 19.0 Å². The Morgan fingerprint density at radius 3 is 2.30 bits per heavy atom. The van der Waals surface area contributed by atoms with Crippen molar-refractivity contribution in [1.29, 1.82) is 0 Å². The zero-order chi connectivity index (χ0) is 19.0. The van der Waals surface area contributed by atoms with Crippen LogP contribution in [0.4, 0.5) is 0 Å². The van der Waals surface area contributed by atoms with E-state index in [1.54, 1.807) is 0 Å². The molecule has 0 fully saturated rings. The van der Waals surface area contributed by atoms with Crippen LogP contribution in [0.1, 0.15) is 46.8 Å². The van der Waals surface area contributed by atoms with Gasteiger partial charge in [-0.3, -0.25) is 4.98 Å². The van der Waals surface area contributed by atoms with E-state index in [2.05, 4.69) is 70.3 Å². The van der Waals surface area contributed by atoms with E-state index >= 15 is 0 Å². The number of halogens is 1. The molecule has 2 aliphatic heterocycles. The molecule has 0 spiro atoms. The Morgan fingerprint density at radius 1 is 0.926 bits per heavy atom. The van der Waals surface area contributed by atoms with Gasteiger partial charge in [0.25, 0.3) is 0 Å². The summed E-state index contributed by atoms with van der Waals surface area (Å²) in [6.07, 6.45) is 5.29. The first kappa shape index (κ1) is 18.0. The van der Waals surface area contributed by atoms with Gasteiger partial charge < -0.3 is 0 Å². The molecule has 6 nitrogen and oxygen atoms in total. The maximum atomic E-state index is 8.83. The summed E-state index contributed by atoms with van der Waals surface area (Å²) >= 11 is 0. The summed E-state index contributed by atoms with van der Waals surface area (Å²) in [5.74, 6) is 0.890. The van der Waals surface area contributed by atoms with Crippen molar-refractivity contribution < 1.29 is 33.4 Å². The van der Waals surface area contributed by atoms with Crippen LogP contribution in [-0.2, 0) is 0 Å². The quantitative estimate of drug-likeness (QED) is 0.534. The minimum absolute atomic E-state index is 0.414.